The molecule has 2 aromatic rings. The van der Waals surface area contributed by atoms with Crippen LogP contribution in [-0.4, -0.2) is 27.3 Å². The molecule has 0 saturated carbocycles. The normalized spacial score (nSPS) is 11.7. The molecule has 2 rings (SSSR count). The molecule has 1 heterocycles. The smallest absolute Gasteiger partial charge is 0.218 e. The lowest BCUT2D eigenvalue weighted by Gasteiger charge is -2.10. The average molecular weight is 268 g/mol. The first kappa shape index (κ1) is 13.7. The van der Waals surface area contributed by atoms with E-state index in [0.717, 1.165) is 0 Å². The summed E-state index contributed by atoms with van der Waals surface area (Å²) in [4.78, 5) is 43.8. The van der Waals surface area contributed by atoms with Crippen molar-refractivity contribution in [3.63, 3.8) is 0 Å². The second-order valence-corrected chi connectivity index (χ2v) is 4.21. The standard InChI is InChI=1S/C15H12N2O3/c1-10(18)12(13(19)11-6-3-2-4-7-11)14(20)15-16-8-5-9-17-15/h2-9,12H,1H3. The Morgan fingerprint density at radius 2 is 1.50 bits per heavy atom. The zero-order chi connectivity index (χ0) is 14.5. The second kappa shape index (κ2) is 5.97. The van der Waals surface area contributed by atoms with Crippen molar-refractivity contribution in [2.45, 2.75) is 6.92 Å². The molecule has 100 valence electrons. The molecule has 1 unspecified atom stereocenters. The van der Waals surface area contributed by atoms with Crippen molar-refractivity contribution >= 4 is 17.3 Å². The lowest BCUT2D eigenvalue weighted by atomic mass is 9.90. The van der Waals surface area contributed by atoms with E-state index in [1.54, 1.807) is 36.4 Å². The quantitative estimate of drug-likeness (QED) is 0.610. The summed E-state index contributed by atoms with van der Waals surface area (Å²) >= 11 is 0. The van der Waals surface area contributed by atoms with E-state index in [4.69, 9.17) is 0 Å². The first-order valence-corrected chi connectivity index (χ1v) is 6.02. The first-order chi connectivity index (χ1) is 9.61. The predicted octanol–water partition coefficient (Wildman–Crippen LogP) is 1.75. The highest BCUT2D eigenvalue weighted by Gasteiger charge is 2.33. The number of carbonyl (C=O) groups excluding carboxylic acids is 3. The summed E-state index contributed by atoms with van der Waals surface area (Å²) in [7, 11) is 0. The Morgan fingerprint density at radius 3 is 2.05 bits per heavy atom. The van der Waals surface area contributed by atoms with Crippen LogP contribution in [0.3, 0.4) is 0 Å². The molecule has 1 aromatic heterocycles. The van der Waals surface area contributed by atoms with E-state index in [0.29, 0.717) is 5.56 Å². The first-order valence-electron chi connectivity index (χ1n) is 6.02. The molecule has 0 aliphatic carbocycles. The zero-order valence-electron chi connectivity index (χ0n) is 10.8. The van der Waals surface area contributed by atoms with Crippen LogP contribution in [-0.2, 0) is 4.79 Å². The summed E-state index contributed by atoms with van der Waals surface area (Å²) in [5.74, 6) is -3.24. The van der Waals surface area contributed by atoms with E-state index in [9.17, 15) is 14.4 Å². The molecule has 0 aliphatic heterocycles. The third-order valence-corrected chi connectivity index (χ3v) is 2.78. The molecule has 0 bridgehead atoms. The number of Topliss-reactive ketones (excluding diaryl/α,β-unsaturated/α-hetero) is 3. The third-order valence-electron chi connectivity index (χ3n) is 2.78. The van der Waals surface area contributed by atoms with Gasteiger partial charge in [0.05, 0.1) is 0 Å². The Hall–Kier alpha value is -2.69. The van der Waals surface area contributed by atoms with Gasteiger partial charge in [-0.1, -0.05) is 30.3 Å². The third kappa shape index (κ3) is 2.83. The fraction of sp³-hybridized carbons (Fsp3) is 0.133. The molecule has 5 nitrogen and oxygen atoms in total. The van der Waals surface area contributed by atoms with Crippen LogP contribution in [0, 0.1) is 5.92 Å². The van der Waals surface area contributed by atoms with E-state index in [-0.39, 0.29) is 5.82 Å². The van der Waals surface area contributed by atoms with Gasteiger partial charge in [-0.05, 0) is 13.0 Å². The Morgan fingerprint density at radius 1 is 0.900 bits per heavy atom. The molecule has 20 heavy (non-hydrogen) atoms. The number of hydrogen-bond donors (Lipinski definition) is 0. The molecule has 1 atom stereocenters. The minimum atomic E-state index is -1.39. The van der Waals surface area contributed by atoms with Crippen molar-refractivity contribution in [1.82, 2.24) is 9.97 Å². The Kier molecular flexibility index (Phi) is 4.10. The van der Waals surface area contributed by atoms with E-state index in [1.165, 1.54) is 19.3 Å². The van der Waals surface area contributed by atoms with Gasteiger partial charge in [-0.2, -0.15) is 0 Å². The maximum Gasteiger partial charge on any atom is 0.218 e. The van der Waals surface area contributed by atoms with Crippen molar-refractivity contribution in [2.75, 3.05) is 0 Å². The lowest BCUT2D eigenvalue weighted by molar-refractivity contribution is -0.118. The van der Waals surface area contributed by atoms with Crippen molar-refractivity contribution in [3.05, 3.63) is 60.2 Å². The maximum atomic E-state index is 12.3. The minimum Gasteiger partial charge on any atom is -0.299 e. The molecule has 1 aromatic carbocycles. The van der Waals surface area contributed by atoms with Crippen molar-refractivity contribution in [2.24, 2.45) is 5.92 Å². The van der Waals surface area contributed by atoms with Crippen molar-refractivity contribution in [3.8, 4) is 0 Å². The van der Waals surface area contributed by atoms with Crippen LogP contribution in [0.2, 0.25) is 0 Å². The number of aromatic nitrogens is 2. The van der Waals surface area contributed by atoms with Gasteiger partial charge in [0.2, 0.25) is 5.78 Å². The zero-order valence-corrected chi connectivity index (χ0v) is 10.8. The van der Waals surface area contributed by atoms with Gasteiger partial charge >= 0.3 is 0 Å². The molecule has 0 spiro atoms. The molecule has 0 amide bonds. The van der Waals surface area contributed by atoms with Gasteiger partial charge in [-0.15, -0.1) is 0 Å². The van der Waals surface area contributed by atoms with Gasteiger partial charge in [-0.25, -0.2) is 9.97 Å². The van der Waals surface area contributed by atoms with Crippen LogP contribution in [0.15, 0.2) is 48.8 Å². The number of ketones is 3. The van der Waals surface area contributed by atoms with E-state index in [1.807, 2.05) is 0 Å². The molecule has 0 saturated heterocycles. The molecular formula is C15H12N2O3. The summed E-state index contributed by atoms with van der Waals surface area (Å²) in [6.07, 6.45) is 2.79. The predicted molar refractivity (Wildman–Crippen MR) is 71.3 cm³/mol. The van der Waals surface area contributed by atoms with Gasteiger partial charge in [0.25, 0.3) is 0 Å². The lowest BCUT2D eigenvalue weighted by Crippen LogP contribution is -2.31. The summed E-state index contributed by atoms with van der Waals surface area (Å²) in [5.41, 5.74) is 0.317. The van der Waals surface area contributed by atoms with Crippen molar-refractivity contribution < 1.29 is 14.4 Å². The number of rotatable bonds is 5. The summed E-state index contributed by atoms with van der Waals surface area (Å²) < 4.78 is 0. The number of nitrogens with zero attached hydrogens (tertiary/aromatic N) is 2. The van der Waals surface area contributed by atoms with E-state index in [2.05, 4.69) is 9.97 Å². The molecule has 0 fully saturated rings. The Bertz CT molecular complexity index is 587. The van der Waals surface area contributed by atoms with E-state index >= 15 is 0 Å². The topological polar surface area (TPSA) is 77.0 Å². The monoisotopic (exact) mass is 268 g/mol. The van der Waals surface area contributed by atoms with Gasteiger partial charge in [-0.3, -0.25) is 14.4 Å². The fourth-order valence-electron chi connectivity index (χ4n) is 1.81. The van der Waals surface area contributed by atoms with E-state index < -0.39 is 23.3 Å². The number of benzene rings is 1. The molecule has 0 N–H and O–H groups in total. The Labute approximate surface area is 115 Å². The molecular weight excluding hydrogens is 256 g/mol. The van der Waals surface area contributed by atoms with Gasteiger partial charge in [0, 0.05) is 18.0 Å². The minimum absolute atomic E-state index is 0.128. The van der Waals surface area contributed by atoms with Crippen LogP contribution in [0.1, 0.15) is 27.9 Å². The molecule has 5 heteroatoms. The van der Waals surface area contributed by atoms with Crippen LogP contribution in [0.4, 0.5) is 0 Å². The number of carbonyl (C=O) groups is 3. The van der Waals surface area contributed by atoms with Crippen LogP contribution in [0.5, 0.6) is 0 Å². The average Bonchev–Trinajstić information content (AvgIpc) is 2.48. The Balaban J connectivity index is 2.36. The number of hydrogen-bond acceptors (Lipinski definition) is 5. The van der Waals surface area contributed by atoms with Gasteiger partial charge < -0.3 is 0 Å². The highest BCUT2D eigenvalue weighted by molar-refractivity contribution is 6.26. The van der Waals surface area contributed by atoms with Crippen LogP contribution < -0.4 is 0 Å². The van der Waals surface area contributed by atoms with Crippen LogP contribution >= 0.6 is 0 Å². The summed E-state index contributed by atoms with van der Waals surface area (Å²) in [5, 5.41) is 0. The van der Waals surface area contributed by atoms with Gasteiger partial charge in [0.15, 0.2) is 11.6 Å². The summed E-state index contributed by atoms with van der Waals surface area (Å²) in [6.45, 7) is 1.21. The highest BCUT2D eigenvalue weighted by Crippen LogP contribution is 2.14. The molecule has 0 radical (unpaired) electrons. The fourth-order valence-corrected chi connectivity index (χ4v) is 1.81. The van der Waals surface area contributed by atoms with Gasteiger partial charge in [0.1, 0.15) is 11.7 Å². The second-order valence-electron chi connectivity index (χ2n) is 4.21. The van der Waals surface area contributed by atoms with Crippen molar-refractivity contribution in [1.29, 1.82) is 0 Å². The highest BCUT2D eigenvalue weighted by atomic mass is 16.2. The molecule has 0 aliphatic rings. The SMILES string of the molecule is CC(=O)C(C(=O)c1ccccc1)C(=O)c1ncccn1. The maximum absolute atomic E-state index is 12.3. The van der Waals surface area contributed by atoms with Crippen LogP contribution in [0.25, 0.3) is 0 Å². The largest absolute Gasteiger partial charge is 0.299 e. The summed E-state index contributed by atoms with van der Waals surface area (Å²) in [6, 6.07) is 9.79.